The van der Waals surface area contributed by atoms with Crippen LogP contribution >= 0.6 is 0 Å². The zero-order chi connectivity index (χ0) is 13.4. The standard InChI is InChI=1S/C13H24N4O/c1-16(10-12-4-7-15-8-5-12)11-13(18)17(2)9-3-6-14/h12,15H,3-5,7-11H2,1-2H3. The summed E-state index contributed by atoms with van der Waals surface area (Å²) in [4.78, 5) is 15.6. The molecule has 5 nitrogen and oxygen atoms in total. The Morgan fingerprint density at radius 2 is 2.06 bits per heavy atom. The molecule has 1 aliphatic heterocycles. The third-order valence-electron chi connectivity index (χ3n) is 3.42. The molecule has 0 spiro atoms. The van der Waals surface area contributed by atoms with E-state index >= 15 is 0 Å². The first-order valence-corrected chi connectivity index (χ1v) is 6.63. The van der Waals surface area contributed by atoms with Crippen LogP contribution in [0, 0.1) is 17.2 Å². The summed E-state index contributed by atoms with van der Waals surface area (Å²) in [5.41, 5.74) is 0. The van der Waals surface area contributed by atoms with Gasteiger partial charge in [-0.25, -0.2) is 0 Å². The summed E-state index contributed by atoms with van der Waals surface area (Å²) in [7, 11) is 3.76. The van der Waals surface area contributed by atoms with Crippen LogP contribution < -0.4 is 5.32 Å². The van der Waals surface area contributed by atoms with Crippen molar-refractivity contribution < 1.29 is 4.79 Å². The number of carbonyl (C=O) groups is 1. The molecule has 18 heavy (non-hydrogen) atoms. The van der Waals surface area contributed by atoms with Gasteiger partial charge in [-0.1, -0.05) is 0 Å². The van der Waals surface area contributed by atoms with E-state index < -0.39 is 0 Å². The average molecular weight is 252 g/mol. The van der Waals surface area contributed by atoms with Crippen LogP contribution in [-0.4, -0.2) is 62.5 Å². The largest absolute Gasteiger partial charge is 0.344 e. The van der Waals surface area contributed by atoms with Crippen molar-refractivity contribution in [3.05, 3.63) is 0 Å². The van der Waals surface area contributed by atoms with Crippen molar-refractivity contribution in [1.82, 2.24) is 15.1 Å². The van der Waals surface area contributed by atoms with Crippen molar-refractivity contribution in [3.63, 3.8) is 0 Å². The lowest BCUT2D eigenvalue weighted by Gasteiger charge is -2.28. The highest BCUT2D eigenvalue weighted by molar-refractivity contribution is 5.77. The van der Waals surface area contributed by atoms with Crippen molar-refractivity contribution in [2.45, 2.75) is 19.3 Å². The van der Waals surface area contributed by atoms with Crippen LogP contribution in [0.4, 0.5) is 0 Å². The Bertz CT molecular complexity index is 294. The highest BCUT2D eigenvalue weighted by atomic mass is 16.2. The molecule has 0 atom stereocenters. The molecule has 1 fully saturated rings. The number of hydrogen-bond acceptors (Lipinski definition) is 4. The third kappa shape index (κ3) is 5.48. The maximum absolute atomic E-state index is 11.9. The number of likely N-dealkylation sites (N-methyl/N-ethyl adjacent to an activating group) is 2. The summed E-state index contributed by atoms with van der Waals surface area (Å²) in [5.74, 6) is 0.801. The van der Waals surface area contributed by atoms with Gasteiger partial charge in [-0.2, -0.15) is 5.26 Å². The van der Waals surface area contributed by atoms with E-state index in [1.807, 2.05) is 7.05 Å². The fourth-order valence-electron chi connectivity index (χ4n) is 2.26. The number of hydrogen-bond donors (Lipinski definition) is 1. The maximum Gasteiger partial charge on any atom is 0.236 e. The van der Waals surface area contributed by atoms with Crippen LogP contribution in [0.15, 0.2) is 0 Å². The number of nitrogens with one attached hydrogen (secondary N) is 1. The second-order valence-corrected chi connectivity index (χ2v) is 5.11. The minimum absolute atomic E-state index is 0.0988. The topological polar surface area (TPSA) is 59.4 Å². The smallest absolute Gasteiger partial charge is 0.236 e. The van der Waals surface area contributed by atoms with Crippen LogP contribution in [0.2, 0.25) is 0 Å². The Hall–Kier alpha value is -1.12. The van der Waals surface area contributed by atoms with Gasteiger partial charge in [0, 0.05) is 20.1 Å². The number of amides is 1. The lowest BCUT2D eigenvalue weighted by molar-refractivity contribution is -0.130. The molecule has 0 unspecified atom stereocenters. The Morgan fingerprint density at radius 3 is 2.67 bits per heavy atom. The molecule has 0 bridgehead atoms. The lowest BCUT2D eigenvalue weighted by atomic mass is 9.98. The molecule has 102 valence electrons. The molecule has 1 heterocycles. The fourth-order valence-corrected chi connectivity index (χ4v) is 2.26. The van der Waals surface area contributed by atoms with E-state index in [2.05, 4.69) is 16.3 Å². The molecule has 1 N–H and O–H groups in total. The van der Waals surface area contributed by atoms with Crippen LogP contribution in [0.25, 0.3) is 0 Å². The van der Waals surface area contributed by atoms with Crippen molar-refractivity contribution in [3.8, 4) is 6.07 Å². The molecule has 1 aliphatic rings. The zero-order valence-electron chi connectivity index (χ0n) is 11.5. The first kappa shape index (κ1) is 14.9. The van der Waals surface area contributed by atoms with Crippen LogP contribution in [0.1, 0.15) is 19.3 Å². The minimum Gasteiger partial charge on any atom is -0.344 e. The van der Waals surface area contributed by atoms with Gasteiger partial charge in [0.25, 0.3) is 0 Å². The van der Waals surface area contributed by atoms with Gasteiger partial charge in [0.15, 0.2) is 0 Å². The average Bonchev–Trinajstić information content (AvgIpc) is 2.36. The molecule has 0 aliphatic carbocycles. The van der Waals surface area contributed by atoms with Gasteiger partial charge in [-0.15, -0.1) is 0 Å². The van der Waals surface area contributed by atoms with Crippen LogP contribution in [0.3, 0.4) is 0 Å². The monoisotopic (exact) mass is 252 g/mol. The third-order valence-corrected chi connectivity index (χ3v) is 3.42. The highest BCUT2D eigenvalue weighted by Gasteiger charge is 2.17. The molecule has 1 amide bonds. The zero-order valence-corrected chi connectivity index (χ0v) is 11.5. The normalized spacial score (nSPS) is 16.6. The van der Waals surface area contributed by atoms with Crippen molar-refractivity contribution >= 4 is 5.91 Å². The van der Waals surface area contributed by atoms with Gasteiger partial charge in [0.05, 0.1) is 19.0 Å². The summed E-state index contributed by atoms with van der Waals surface area (Å²) >= 11 is 0. The van der Waals surface area contributed by atoms with Crippen LogP contribution in [0.5, 0.6) is 0 Å². The van der Waals surface area contributed by atoms with E-state index in [0.29, 0.717) is 25.4 Å². The van der Waals surface area contributed by atoms with Gasteiger partial charge in [-0.05, 0) is 38.9 Å². The van der Waals surface area contributed by atoms with E-state index in [9.17, 15) is 4.79 Å². The molecule has 0 aromatic rings. The van der Waals surface area contributed by atoms with E-state index in [1.165, 1.54) is 12.8 Å². The molecule has 0 aromatic heterocycles. The Labute approximate surface area is 110 Å². The quantitative estimate of drug-likeness (QED) is 0.738. The molecule has 0 saturated carbocycles. The molecule has 1 saturated heterocycles. The van der Waals surface area contributed by atoms with Gasteiger partial charge < -0.3 is 10.2 Å². The number of rotatable bonds is 6. The van der Waals surface area contributed by atoms with Crippen molar-refractivity contribution in [2.75, 3.05) is 46.8 Å². The van der Waals surface area contributed by atoms with E-state index in [1.54, 1.807) is 11.9 Å². The molecule has 0 radical (unpaired) electrons. The van der Waals surface area contributed by atoms with E-state index in [4.69, 9.17) is 5.26 Å². The Kier molecular flexibility index (Phi) is 6.69. The molecule has 5 heteroatoms. The highest BCUT2D eigenvalue weighted by Crippen LogP contribution is 2.12. The molecule has 0 aromatic carbocycles. The predicted octanol–water partition coefficient (Wildman–Crippen LogP) is 0.290. The van der Waals surface area contributed by atoms with E-state index in [-0.39, 0.29) is 5.91 Å². The SMILES string of the molecule is CN(CC(=O)N(C)CCC#N)CC1CCNCC1. The van der Waals surface area contributed by atoms with Gasteiger partial charge in [0.1, 0.15) is 0 Å². The molecular weight excluding hydrogens is 228 g/mol. The molecular formula is C13H24N4O. The fraction of sp³-hybridized carbons (Fsp3) is 0.846. The minimum atomic E-state index is 0.0988. The first-order chi connectivity index (χ1) is 8.63. The second kappa shape index (κ2) is 8.06. The predicted molar refractivity (Wildman–Crippen MR) is 71.0 cm³/mol. The Balaban J connectivity index is 2.23. The summed E-state index contributed by atoms with van der Waals surface area (Å²) in [5, 5.41) is 11.8. The summed E-state index contributed by atoms with van der Waals surface area (Å²) in [6, 6.07) is 2.06. The molecule has 1 rings (SSSR count). The second-order valence-electron chi connectivity index (χ2n) is 5.11. The summed E-state index contributed by atoms with van der Waals surface area (Å²) < 4.78 is 0. The van der Waals surface area contributed by atoms with Gasteiger partial charge in [0.2, 0.25) is 5.91 Å². The number of nitrogens with zero attached hydrogens (tertiary/aromatic N) is 3. The summed E-state index contributed by atoms with van der Waals surface area (Å²) in [6.45, 7) is 4.14. The number of nitriles is 1. The van der Waals surface area contributed by atoms with E-state index in [0.717, 1.165) is 19.6 Å². The maximum atomic E-state index is 11.9. The number of piperidine rings is 1. The van der Waals surface area contributed by atoms with Crippen molar-refractivity contribution in [1.29, 1.82) is 5.26 Å². The van der Waals surface area contributed by atoms with Crippen molar-refractivity contribution in [2.24, 2.45) is 5.92 Å². The lowest BCUT2D eigenvalue weighted by Crippen LogP contribution is -2.40. The van der Waals surface area contributed by atoms with Crippen LogP contribution in [-0.2, 0) is 4.79 Å². The summed E-state index contributed by atoms with van der Waals surface area (Å²) in [6.07, 6.45) is 2.80. The Morgan fingerprint density at radius 1 is 1.39 bits per heavy atom. The van der Waals surface area contributed by atoms with Gasteiger partial charge in [-0.3, -0.25) is 9.69 Å². The first-order valence-electron chi connectivity index (χ1n) is 6.63. The van der Waals surface area contributed by atoms with Gasteiger partial charge >= 0.3 is 0 Å². The number of carbonyl (C=O) groups excluding carboxylic acids is 1.